The van der Waals surface area contributed by atoms with Crippen LogP contribution in [0, 0.1) is 0 Å². The highest BCUT2D eigenvalue weighted by molar-refractivity contribution is 5.99. The number of aromatic amines is 2. The molecular formula is C16H12N2O4. The van der Waals surface area contributed by atoms with Crippen LogP contribution < -0.4 is 0 Å². The van der Waals surface area contributed by atoms with Crippen LogP contribution in [0.4, 0.5) is 0 Å². The van der Waals surface area contributed by atoms with Gasteiger partial charge in [-0.05, 0) is 18.2 Å². The van der Waals surface area contributed by atoms with Gasteiger partial charge in [0, 0.05) is 45.9 Å². The average Bonchev–Trinajstić information content (AvgIpc) is 3.04. The molecule has 2 heterocycles. The minimum atomic E-state index is -0.195. The van der Waals surface area contributed by atoms with E-state index < -0.39 is 0 Å². The maximum atomic E-state index is 9.68. The molecule has 0 saturated carbocycles. The summed E-state index contributed by atoms with van der Waals surface area (Å²) in [5.74, 6) is -0.755. The third-order valence-electron chi connectivity index (χ3n) is 3.78. The molecule has 0 spiro atoms. The summed E-state index contributed by atoms with van der Waals surface area (Å²) in [7, 11) is 0. The molecule has 22 heavy (non-hydrogen) atoms. The zero-order valence-corrected chi connectivity index (χ0v) is 11.3. The van der Waals surface area contributed by atoms with Gasteiger partial charge in [-0.3, -0.25) is 0 Å². The Bertz CT molecular complexity index is 991. The van der Waals surface area contributed by atoms with Crippen LogP contribution in [-0.4, -0.2) is 30.4 Å². The van der Waals surface area contributed by atoms with Crippen LogP contribution in [0.3, 0.4) is 0 Å². The Labute approximate surface area is 123 Å². The highest BCUT2D eigenvalue weighted by atomic mass is 16.3. The molecule has 0 aliphatic carbocycles. The highest BCUT2D eigenvalue weighted by Crippen LogP contribution is 2.38. The van der Waals surface area contributed by atoms with Crippen molar-refractivity contribution in [3.63, 3.8) is 0 Å². The number of aromatic nitrogens is 2. The van der Waals surface area contributed by atoms with Gasteiger partial charge in [-0.2, -0.15) is 0 Å². The molecule has 0 saturated heterocycles. The number of phenolic OH excluding ortho intramolecular Hbond substituents is 4. The van der Waals surface area contributed by atoms with Crippen LogP contribution in [0.15, 0.2) is 36.5 Å². The van der Waals surface area contributed by atoms with E-state index in [-0.39, 0.29) is 23.0 Å². The zero-order chi connectivity index (χ0) is 15.4. The number of aromatic hydroxyl groups is 4. The Morgan fingerprint density at radius 2 is 1.32 bits per heavy atom. The lowest BCUT2D eigenvalue weighted by atomic mass is 10.1. The van der Waals surface area contributed by atoms with Crippen molar-refractivity contribution in [3.05, 3.63) is 36.5 Å². The largest absolute Gasteiger partial charge is 0.504 e. The van der Waals surface area contributed by atoms with E-state index in [0.717, 1.165) is 22.0 Å². The van der Waals surface area contributed by atoms with Crippen molar-refractivity contribution >= 4 is 21.8 Å². The summed E-state index contributed by atoms with van der Waals surface area (Å²) in [5.41, 5.74) is 2.94. The van der Waals surface area contributed by atoms with Crippen molar-refractivity contribution < 1.29 is 20.4 Å². The number of nitrogens with one attached hydrogen (secondary N) is 2. The average molecular weight is 296 g/mol. The third-order valence-corrected chi connectivity index (χ3v) is 3.78. The first-order valence-electron chi connectivity index (χ1n) is 6.61. The van der Waals surface area contributed by atoms with Gasteiger partial charge in [0.15, 0.2) is 23.0 Å². The number of benzene rings is 2. The van der Waals surface area contributed by atoms with Crippen molar-refractivity contribution in [2.24, 2.45) is 0 Å². The van der Waals surface area contributed by atoms with E-state index in [1.165, 1.54) is 24.3 Å². The predicted molar refractivity (Wildman–Crippen MR) is 82.3 cm³/mol. The number of hydrogen-bond acceptors (Lipinski definition) is 4. The van der Waals surface area contributed by atoms with E-state index >= 15 is 0 Å². The molecule has 0 bridgehead atoms. The SMILES string of the molecule is Oc1cc2cc(-c3c[nH]c4cc(O)c(O)cc34)[nH]c2cc1O. The first-order valence-corrected chi connectivity index (χ1v) is 6.61. The molecule has 0 atom stereocenters. The molecule has 2 aromatic carbocycles. The van der Waals surface area contributed by atoms with Crippen LogP contribution >= 0.6 is 0 Å². The van der Waals surface area contributed by atoms with Crippen molar-refractivity contribution in [1.82, 2.24) is 9.97 Å². The number of H-pyrrole nitrogens is 2. The van der Waals surface area contributed by atoms with Crippen molar-refractivity contribution in [2.75, 3.05) is 0 Å². The van der Waals surface area contributed by atoms with Crippen LogP contribution in [-0.2, 0) is 0 Å². The number of phenols is 4. The Balaban J connectivity index is 1.97. The van der Waals surface area contributed by atoms with Gasteiger partial charge < -0.3 is 30.4 Å². The molecule has 0 amide bonds. The Hall–Kier alpha value is -3.28. The van der Waals surface area contributed by atoms with Gasteiger partial charge in [-0.25, -0.2) is 0 Å². The van der Waals surface area contributed by atoms with Gasteiger partial charge in [-0.1, -0.05) is 0 Å². The Morgan fingerprint density at radius 3 is 2.09 bits per heavy atom. The summed E-state index contributed by atoms with van der Waals surface area (Å²) in [6.45, 7) is 0. The molecule has 0 fully saturated rings. The van der Waals surface area contributed by atoms with Gasteiger partial charge in [0.1, 0.15) is 0 Å². The smallest absolute Gasteiger partial charge is 0.159 e. The van der Waals surface area contributed by atoms with Gasteiger partial charge in [0.2, 0.25) is 0 Å². The minimum Gasteiger partial charge on any atom is -0.504 e. The van der Waals surface area contributed by atoms with Crippen LogP contribution in [0.5, 0.6) is 23.0 Å². The van der Waals surface area contributed by atoms with Crippen molar-refractivity contribution in [3.8, 4) is 34.3 Å². The molecule has 0 radical (unpaired) electrons. The fourth-order valence-electron chi connectivity index (χ4n) is 2.67. The highest BCUT2D eigenvalue weighted by Gasteiger charge is 2.13. The lowest BCUT2D eigenvalue weighted by Crippen LogP contribution is -1.75. The second kappa shape index (κ2) is 4.11. The van der Waals surface area contributed by atoms with Crippen molar-refractivity contribution in [2.45, 2.75) is 0 Å². The van der Waals surface area contributed by atoms with Crippen LogP contribution in [0.25, 0.3) is 33.1 Å². The van der Waals surface area contributed by atoms with E-state index in [9.17, 15) is 20.4 Å². The first kappa shape index (κ1) is 12.5. The van der Waals surface area contributed by atoms with E-state index in [1.54, 1.807) is 6.20 Å². The number of rotatable bonds is 1. The summed E-state index contributed by atoms with van der Waals surface area (Å²) in [5, 5.41) is 39.8. The summed E-state index contributed by atoms with van der Waals surface area (Å²) in [4.78, 5) is 6.19. The topological polar surface area (TPSA) is 113 Å². The summed E-state index contributed by atoms with van der Waals surface area (Å²) in [6, 6.07) is 7.70. The lowest BCUT2D eigenvalue weighted by molar-refractivity contribution is 0.405. The fraction of sp³-hybridized carbons (Fsp3) is 0. The van der Waals surface area contributed by atoms with Gasteiger partial charge in [0.25, 0.3) is 0 Å². The van der Waals surface area contributed by atoms with E-state index in [0.29, 0.717) is 11.0 Å². The molecule has 0 aliphatic rings. The summed E-state index contributed by atoms with van der Waals surface area (Å²) < 4.78 is 0. The number of fused-ring (bicyclic) bond motifs is 2. The quantitative estimate of drug-likeness (QED) is 0.303. The second-order valence-corrected chi connectivity index (χ2v) is 5.20. The molecule has 0 aliphatic heterocycles. The van der Waals surface area contributed by atoms with Gasteiger partial charge in [-0.15, -0.1) is 0 Å². The predicted octanol–water partition coefficient (Wildman–Crippen LogP) is 3.14. The zero-order valence-electron chi connectivity index (χ0n) is 11.3. The standard InChI is InChI=1S/C16H12N2O4/c19-13-2-7-1-12(18-10(7)4-15(13)21)9-6-17-11-5-16(22)14(20)3-8(9)11/h1-6,17-22H. The molecular weight excluding hydrogens is 284 g/mol. The second-order valence-electron chi connectivity index (χ2n) is 5.20. The number of hydrogen-bond donors (Lipinski definition) is 6. The van der Waals surface area contributed by atoms with E-state index in [2.05, 4.69) is 9.97 Å². The fourth-order valence-corrected chi connectivity index (χ4v) is 2.67. The van der Waals surface area contributed by atoms with Gasteiger partial charge in [0.05, 0.1) is 5.52 Å². The summed E-state index contributed by atoms with van der Waals surface area (Å²) in [6.07, 6.45) is 1.76. The molecule has 6 N–H and O–H groups in total. The molecule has 4 rings (SSSR count). The maximum absolute atomic E-state index is 9.68. The lowest BCUT2D eigenvalue weighted by Gasteiger charge is -1.99. The van der Waals surface area contributed by atoms with Crippen molar-refractivity contribution in [1.29, 1.82) is 0 Å². The molecule has 2 aromatic heterocycles. The Morgan fingerprint density at radius 1 is 0.682 bits per heavy atom. The van der Waals surface area contributed by atoms with Crippen LogP contribution in [0.2, 0.25) is 0 Å². The molecule has 6 nitrogen and oxygen atoms in total. The van der Waals surface area contributed by atoms with Crippen LogP contribution in [0.1, 0.15) is 0 Å². The van der Waals surface area contributed by atoms with E-state index in [1.807, 2.05) is 6.07 Å². The molecule has 0 unspecified atom stereocenters. The molecule has 6 heteroatoms. The van der Waals surface area contributed by atoms with Gasteiger partial charge >= 0.3 is 0 Å². The minimum absolute atomic E-state index is 0.181. The monoisotopic (exact) mass is 296 g/mol. The van der Waals surface area contributed by atoms with E-state index in [4.69, 9.17) is 0 Å². The molecule has 110 valence electrons. The normalized spacial score (nSPS) is 11.5. The first-order chi connectivity index (χ1) is 10.5. The Kier molecular flexibility index (Phi) is 2.33. The summed E-state index contributed by atoms with van der Waals surface area (Å²) >= 11 is 0. The maximum Gasteiger partial charge on any atom is 0.159 e. The molecule has 4 aromatic rings. The third kappa shape index (κ3) is 1.67.